The molecule has 0 fully saturated rings. The predicted octanol–water partition coefficient (Wildman–Crippen LogP) is 3.47. The van der Waals surface area contributed by atoms with Gasteiger partial charge in [-0.15, -0.1) is 0 Å². The molecule has 16 heavy (non-hydrogen) atoms. The maximum absolute atomic E-state index is 5.36. The third-order valence-corrected chi connectivity index (χ3v) is 2.75. The summed E-state index contributed by atoms with van der Waals surface area (Å²) in [4.78, 5) is 0.760. The molecule has 0 N–H and O–H groups in total. The molecule has 0 aliphatic rings. The Labute approximate surface area is 103 Å². The molecular formula is C13H18N2S. The zero-order chi connectivity index (χ0) is 12.0. The van der Waals surface area contributed by atoms with Gasteiger partial charge in [-0.05, 0) is 13.3 Å². The Hall–Kier alpha value is -1.22. The Bertz CT molecular complexity index is 371. The first kappa shape index (κ1) is 12.8. The van der Waals surface area contributed by atoms with Crippen LogP contribution in [0.4, 0.5) is 0 Å². The minimum Gasteiger partial charge on any atom is -0.257 e. The van der Waals surface area contributed by atoms with E-state index in [-0.39, 0.29) is 0 Å². The van der Waals surface area contributed by atoms with E-state index in [1.807, 2.05) is 44.3 Å². The third-order valence-electron chi connectivity index (χ3n) is 2.25. The van der Waals surface area contributed by atoms with Gasteiger partial charge in [-0.25, -0.2) is 0 Å². The van der Waals surface area contributed by atoms with E-state index in [1.54, 1.807) is 5.01 Å². The van der Waals surface area contributed by atoms with Crippen molar-refractivity contribution in [3.05, 3.63) is 35.9 Å². The Morgan fingerprint density at radius 3 is 2.50 bits per heavy atom. The SMILES string of the molecule is CCC/C(C)=N/N(C)C(=S)c1ccccc1. The van der Waals surface area contributed by atoms with Crippen LogP contribution >= 0.6 is 12.2 Å². The van der Waals surface area contributed by atoms with Crippen molar-refractivity contribution in [2.75, 3.05) is 7.05 Å². The van der Waals surface area contributed by atoms with Gasteiger partial charge in [-0.2, -0.15) is 5.10 Å². The van der Waals surface area contributed by atoms with Crippen LogP contribution in [0.1, 0.15) is 32.3 Å². The summed E-state index contributed by atoms with van der Waals surface area (Å²) in [6.07, 6.45) is 2.13. The van der Waals surface area contributed by atoms with Crippen LogP contribution in [0.3, 0.4) is 0 Å². The number of nitrogens with zero attached hydrogens (tertiary/aromatic N) is 2. The fourth-order valence-corrected chi connectivity index (χ4v) is 1.66. The largest absolute Gasteiger partial charge is 0.257 e. The second kappa shape index (κ2) is 6.38. The molecule has 0 unspecified atom stereocenters. The maximum atomic E-state index is 5.36. The van der Waals surface area contributed by atoms with E-state index in [0.717, 1.165) is 29.1 Å². The monoisotopic (exact) mass is 234 g/mol. The minimum atomic E-state index is 0.760. The van der Waals surface area contributed by atoms with Gasteiger partial charge in [-0.3, -0.25) is 5.01 Å². The molecule has 0 aliphatic heterocycles. The van der Waals surface area contributed by atoms with Crippen LogP contribution in [-0.4, -0.2) is 22.8 Å². The highest BCUT2D eigenvalue weighted by molar-refractivity contribution is 7.80. The Morgan fingerprint density at radius 2 is 1.94 bits per heavy atom. The van der Waals surface area contributed by atoms with Crippen LogP contribution in [0.5, 0.6) is 0 Å². The van der Waals surface area contributed by atoms with Crippen molar-refractivity contribution in [1.82, 2.24) is 5.01 Å². The van der Waals surface area contributed by atoms with E-state index in [0.29, 0.717) is 0 Å². The highest BCUT2D eigenvalue weighted by atomic mass is 32.1. The summed E-state index contributed by atoms with van der Waals surface area (Å²) < 4.78 is 0. The molecule has 3 heteroatoms. The van der Waals surface area contributed by atoms with Crippen molar-refractivity contribution < 1.29 is 0 Å². The highest BCUT2D eigenvalue weighted by Crippen LogP contribution is 2.06. The second-order valence-corrected chi connectivity index (χ2v) is 4.17. The van der Waals surface area contributed by atoms with Gasteiger partial charge in [0.2, 0.25) is 0 Å². The van der Waals surface area contributed by atoms with E-state index < -0.39 is 0 Å². The van der Waals surface area contributed by atoms with E-state index in [1.165, 1.54) is 0 Å². The van der Waals surface area contributed by atoms with Crippen LogP contribution in [-0.2, 0) is 0 Å². The number of hydrazone groups is 1. The number of hydrogen-bond acceptors (Lipinski definition) is 2. The van der Waals surface area contributed by atoms with Gasteiger partial charge in [0.15, 0.2) is 0 Å². The Kier molecular flexibility index (Phi) is 5.12. The van der Waals surface area contributed by atoms with Gasteiger partial charge >= 0.3 is 0 Å². The Balaban J connectivity index is 2.72. The van der Waals surface area contributed by atoms with Crippen molar-refractivity contribution >= 4 is 22.9 Å². The third kappa shape index (κ3) is 3.74. The van der Waals surface area contributed by atoms with Crippen LogP contribution in [0.15, 0.2) is 35.4 Å². The summed E-state index contributed by atoms with van der Waals surface area (Å²) >= 11 is 5.36. The average molecular weight is 234 g/mol. The number of thiocarbonyl (C=S) groups is 1. The van der Waals surface area contributed by atoms with Crippen molar-refractivity contribution in [2.24, 2.45) is 5.10 Å². The average Bonchev–Trinajstić information content (AvgIpc) is 2.29. The van der Waals surface area contributed by atoms with Gasteiger partial charge < -0.3 is 0 Å². The molecule has 0 saturated heterocycles. The normalized spacial score (nSPS) is 11.3. The van der Waals surface area contributed by atoms with Gasteiger partial charge in [0, 0.05) is 18.3 Å². The van der Waals surface area contributed by atoms with Crippen molar-refractivity contribution in [3.8, 4) is 0 Å². The summed E-state index contributed by atoms with van der Waals surface area (Å²) in [6, 6.07) is 9.96. The van der Waals surface area contributed by atoms with Gasteiger partial charge in [0.25, 0.3) is 0 Å². The van der Waals surface area contributed by atoms with Crippen molar-refractivity contribution in [1.29, 1.82) is 0 Å². The lowest BCUT2D eigenvalue weighted by molar-refractivity contribution is 0.552. The smallest absolute Gasteiger partial charge is 0.129 e. The lowest BCUT2D eigenvalue weighted by Crippen LogP contribution is -2.21. The van der Waals surface area contributed by atoms with E-state index in [9.17, 15) is 0 Å². The summed E-state index contributed by atoms with van der Waals surface area (Å²) in [5.41, 5.74) is 2.15. The van der Waals surface area contributed by atoms with Crippen LogP contribution in [0, 0.1) is 0 Å². The second-order valence-electron chi connectivity index (χ2n) is 3.78. The zero-order valence-electron chi connectivity index (χ0n) is 10.1. The van der Waals surface area contributed by atoms with E-state index in [4.69, 9.17) is 12.2 Å². The van der Waals surface area contributed by atoms with E-state index >= 15 is 0 Å². The highest BCUT2D eigenvalue weighted by Gasteiger charge is 2.05. The van der Waals surface area contributed by atoms with Gasteiger partial charge in [0.1, 0.15) is 4.99 Å². The maximum Gasteiger partial charge on any atom is 0.129 e. The first-order valence-electron chi connectivity index (χ1n) is 5.52. The molecule has 0 aromatic heterocycles. The molecule has 0 amide bonds. The molecule has 0 heterocycles. The quantitative estimate of drug-likeness (QED) is 0.450. The molecule has 1 aromatic rings. The molecule has 1 rings (SSSR count). The Morgan fingerprint density at radius 1 is 1.31 bits per heavy atom. The molecule has 0 bridgehead atoms. The number of benzene rings is 1. The first-order chi connectivity index (χ1) is 7.65. The molecule has 0 atom stereocenters. The summed E-state index contributed by atoms with van der Waals surface area (Å²) in [5, 5.41) is 6.23. The lowest BCUT2D eigenvalue weighted by atomic mass is 10.2. The number of hydrogen-bond donors (Lipinski definition) is 0. The molecule has 0 aliphatic carbocycles. The molecule has 0 spiro atoms. The first-order valence-corrected chi connectivity index (χ1v) is 5.93. The van der Waals surface area contributed by atoms with Crippen LogP contribution in [0.2, 0.25) is 0 Å². The summed E-state index contributed by atoms with van der Waals surface area (Å²) in [7, 11) is 1.90. The molecular weight excluding hydrogens is 216 g/mol. The van der Waals surface area contributed by atoms with Crippen LogP contribution < -0.4 is 0 Å². The standard InChI is InChI=1S/C13H18N2S/c1-4-8-11(2)14-15(3)13(16)12-9-6-5-7-10-12/h5-7,9-10H,4,8H2,1-3H3/b14-11+. The van der Waals surface area contributed by atoms with Crippen molar-refractivity contribution in [3.63, 3.8) is 0 Å². The number of rotatable bonds is 4. The van der Waals surface area contributed by atoms with Gasteiger partial charge in [0.05, 0.1) is 0 Å². The van der Waals surface area contributed by atoms with Crippen LogP contribution in [0.25, 0.3) is 0 Å². The van der Waals surface area contributed by atoms with E-state index in [2.05, 4.69) is 12.0 Å². The minimum absolute atomic E-state index is 0.760. The molecule has 1 aromatic carbocycles. The fraction of sp³-hybridized carbons (Fsp3) is 0.385. The summed E-state index contributed by atoms with van der Waals surface area (Å²) in [6.45, 7) is 4.18. The predicted molar refractivity (Wildman–Crippen MR) is 73.9 cm³/mol. The summed E-state index contributed by atoms with van der Waals surface area (Å²) in [5.74, 6) is 0. The fourth-order valence-electron chi connectivity index (χ4n) is 1.48. The van der Waals surface area contributed by atoms with Crippen molar-refractivity contribution in [2.45, 2.75) is 26.7 Å². The molecule has 0 saturated carbocycles. The zero-order valence-corrected chi connectivity index (χ0v) is 10.9. The van der Waals surface area contributed by atoms with Gasteiger partial charge in [-0.1, -0.05) is 55.9 Å². The molecule has 86 valence electrons. The lowest BCUT2D eigenvalue weighted by Gasteiger charge is -2.15. The molecule has 0 radical (unpaired) electrons. The molecule has 2 nitrogen and oxygen atoms in total. The topological polar surface area (TPSA) is 15.6 Å².